The highest BCUT2D eigenvalue weighted by Gasteiger charge is 2.13. The third kappa shape index (κ3) is 1.47. The molecule has 0 aliphatic rings. The molecule has 0 unspecified atom stereocenters. The number of rotatable bonds is 2. The summed E-state index contributed by atoms with van der Waals surface area (Å²) in [4.78, 5) is 14.3. The normalized spacial score (nSPS) is 10.5. The van der Waals surface area contributed by atoms with Crippen LogP contribution in [0.15, 0.2) is 12.3 Å². The molecular formula is C8H9N5O2. The highest BCUT2D eigenvalue weighted by Crippen LogP contribution is 2.21. The van der Waals surface area contributed by atoms with Crippen LogP contribution in [0.2, 0.25) is 0 Å². The molecule has 0 aromatic carbocycles. The number of anilines is 1. The predicted octanol–water partition coefficient (Wildman–Crippen LogP) is 0.988. The van der Waals surface area contributed by atoms with Crippen LogP contribution in [-0.2, 0) is 0 Å². The lowest BCUT2D eigenvalue weighted by atomic mass is 10.4. The monoisotopic (exact) mass is 207 g/mol. The first-order chi connectivity index (χ1) is 7.11. The second kappa shape index (κ2) is 3.19. The van der Waals surface area contributed by atoms with E-state index in [4.69, 9.17) is 0 Å². The first-order valence-corrected chi connectivity index (χ1v) is 4.31. The van der Waals surface area contributed by atoms with Crippen LogP contribution in [0, 0.1) is 17.0 Å². The largest absolute Gasteiger partial charge is 0.371 e. The molecule has 2 aromatic rings. The van der Waals surface area contributed by atoms with Crippen molar-refractivity contribution in [2.45, 2.75) is 6.92 Å². The number of fused-ring (bicyclic) bond motifs is 1. The maximum Gasteiger partial charge on any atom is 0.289 e. The summed E-state index contributed by atoms with van der Waals surface area (Å²) in [6.45, 7) is 1.73. The van der Waals surface area contributed by atoms with Gasteiger partial charge in [0.15, 0.2) is 5.82 Å². The molecule has 2 heterocycles. The molecule has 0 saturated heterocycles. The van der Waals surface area contributed by atoms with Crippen molar-refractivity contribution in [1.29, 1.82) is 0 Å². The standard InChI is InChI=1S/C8H9N5O2/c1-5-10-8(9-2)7-3-6(13(14)15)4-12(7)11-5/h3-4H,1-2H3,(H,9,10,11). The summed E-state index contributed by atoms with van der Waals surface area (Å²) < 4.78 is 1.45. The number of aryl methyl sites for hydroxylation is 1. The third-order valence-electron chi connectivity index (χ3n) is 2.00. The zero-order valence-electron chi connectivity index (χ0n) is 8.26. The minimum Gasteiger partial charge on any atom is -0.371 e. The number of nitro groups is 1. The molecule has 0 amide bonds. The van der Waals surface area contributed by atoms with Gasteiger partial charge >= 0.3 is 0 Å². The fourth-order valence-electron chi connectivity index (χ4n) is 1.38. The van der Waals surface area contributed by atoms with Crippen LogP contribution < -0.4 is 5.32 Å². The second-order valence-corrected chi connectivity index (χ2v) is 3.04. The van der Waals surface area contributed by atoms with Crippen molar-refractivity contribution >= 4 is 17.0 Å². The van der Waals surface area contributed by atoms with Gasteiger partial charge in [0, 0.05) is 13.1 Å². The quantitative estimate of drug-likeness (QED) is 0.586. The number of aromatic nitrogens is 3. The Labute approximate surface area is 84.9 Å². The Morgan fingerprint density at radius 1 is 1.60 bits per heavy atom. The molecule has 0 radical (unpaired) electrons. The molecular weight excluding hydrogens is 198 g/mol. The zero-order chi connectivity index (χ0) is 11.0. The van der Waals surface area contributed by atoms with Gasteiger partial charge in [-0.05, 0) is 6.92 Å². The van der Waals surface area contributed by atoms with Gasteiger partial charge in [0.2, 0.25) is 0 Å². The first-order valence-electron chi connectivity index (χ1n) is 4.31. The minimum atomic E-state index is -0.455. The number of nitrogens with one attached hydrogen (secondary N) is 1. The van der Waals surface area contributed by atoms with Crippen molar-refractivity contribution in [2.75, 3.05) is 12.4 Å². The summed E-state index contributed by atoms with van der Waals surface area (Å²) in [6.07, 6.45) is 1.37. The van der Waals surface area contributed by atoms with Crippen LogP contribution in [0.1, 0.15) is 5.82 Å². The molecule has 7 nitrogen and oxygen atoms in total. The lowest BCUT2D eigenvalue weighted by Crippen LogP contribution is -2.02. The Balaban J connectivity index is 2.74. The van der Waals surface area contributed by atoms with Crippen molar-refractivity contribution in [3.8, 4) is 0 Å². The zero-order valence-corrected chi connectivity index (χ0v) is 8.26. The third-order valence-corrected chi connectivity index (χ3v) is 2.00. The molecule has 1 N–H and O–H groups in total. The Hall–Kier alpha value is -2.18. The van der Waals surface area contributed by atoms with Gasteiger partial charge < -0.3 is 5.32 Å². The summed E-state index contributed by atoms with van der Waals surface area (Å²) in [7, 11) is 1.71. The van der Waals surface area contributed by atoms with E-state index < -0.39 is 4.92 Å². The number of hydrogen-bond acceptors (Lipinski definition) is 5. The van der Waals surface area contributed by atoms with Crippen LogP contribution in [0.25, 0.3) is 5.52 Å². The maximum atomic E-state index is 10.6. The average molecular weight is 207 g/mol. The molecule has 2 rings (SSSR count). The van der Waals surface area contributed by atoms with Gasteiger partial charge in [-0.1, -0.05) is 0 Å². The number of nitrogens with zero attached hydrogens (tertiary/aromatic N) is 4. The van der Waals surface area contributed by atoms with E-state index in [-0.39, 0.29) is 5.69 Å². The fraction of sp³-hybridized carbons (Fsp3) is 0.250. The van der Waals surface area contributed by atoms with Gasteiger partial charge in [-0.15, -0.1) is 0 Å². The Bertz CT molecular complexity index is 533. The molecule has 0 aliphatic heterocycles. The van der Waals surface area contributed by atoms with E-state index >= 15 is 0 Å². The van der Waals surface area contributed by atoms with Gasteiger partial charge in [0.25, 0.3) is 5.69 Å². The SMILES string of the molecule is CNc1nc(C)nn2cc([N+](=O)[O-])cc12. The van der Waals surface area contributed by atoms with E-state index in [0.29, 0.717) is 17.2 Å². The van der Waals surface area contributed by atoms with E-state index in [0.717, 1.165) is 0 Å². The van der Waals surface area contributed by atoms with Crippen molar-refractivity contribution in [3.05, 3.63) is 28.2 Å². The highest BCUT2D eigenvalue weighted by atomic mass is 16.6. The van der Waals surface area contributed by atoms with Gasteiger partial charge in [-0.2, -0.15) is 5.10 Å². The minimum absolute atomic E-state index is 0.00593. The van der Waals surface area contributed by atoms with Gasteiger partial charge in [0.1, 0.15) is 17.5 Å². The van der Waals surface area contributed by atoms with E-state index in [1.54, 1.807) is 14.0 Å². The van der Waals surface area contributed by atoms with Crippen LogP contribution in [-0.4, -0.2) is 26.6 Å². The molecule has 0 atom stereocenters. The summed E-state index contributed by atoms with van der Waals surface area (Å²) in [5.41, 5.74) is 0.598. The van der Waals surface area contributed by atoms with Crippen molar-refractivity contribution in [3.63, 3.8) is 0 Å². The Morgan fingerprint density at radius 3 is 2.93 bits per heavy atom. The molecule has 15 heavy (non-hydrogen) atoms. The maximum absolute atomic E-state index is 10.6. The molecule has 0 aliphatic carbocycles. The molecule has 0 bridgehead atoms. The Kier molecular flexibility index (Phi) is 2.00. The summed E-state index contributed by atoms with van der Waals surface area (Å²) in [5, 5.41) is 17.5. The van der Waals surface area contributed by atoms with E-state index in [9.17, 15) is 10.1 Å². The van der Waals surface area contributed by atoms with Crippen molar-refractivity contribution in [2.24, 2.45) is 0 Å². The summed E-state index contributed by atoms with van der Waals surface area (Å²) in [6, 6.07) is 1.44. The molecule has 2 aromatic heterocycles. The van der Waals surface area contributed by atoms with Crippen LogP contribution >= 0.6 is 0 Å². The smallest absolute Gasteiger partial charge is 0.289 e. The lowest BCUT2D eigenvalue weighted by Gasteiger charge is -2.02. The van der Waals surface area contributed by atoms with Gasteiger partial charge in [-0.3, -0.25) is 10.1 Å². The van der Waals surface area contributed by atoms with E-state index in [1.165, 1.54) is 16.8 Å². The van der Waals surface area contributed by atoms with E-state index in [1.807, 2.05) is 0 Å². The average Bonchev–Trinajstić information content (AvgIpc) is 2.59. The topological polar surface area (TPSA) is 85.4 Å². The summed E-state index contributed by atoms with van der Waals surface area (Å²) >= 11 is 0. The summed E-state index contributed by atoms with van der Waals surface area (Å²) in [5.74, 6) is 1.13. The molecule has 7 heteroatoms. The van der Waals surface area contributed by atoms with Crippen LogP contribution in [0.4, 0.5) is 11.5 Å². The van der Waals surface area contributed by atoms with Gasteiger partial charge in [-0.25, -0.2) is 9.50 Å². The van der Waals surface area contributed by atoms with Gasteiger partial charge in [0.05, 0.1) is 4.92 Å². The fourth-order valence-corrected chi connectivity index (χ4v) is 1.38. The first kappa shape index (κ1) is 9.38. The lowest BCUT2D eigenvalue weighted by molar-refractivity contribution is -0.384. The molecule has 78 valence electrons. The van der Waals surface area contributed by atoms with Crippen LogP contribution in [0.5, 0.6) is 0 Å². The molecule has 0 saturated carbocycles. The number of hydrogen-bond donors (Lipinski definition) is 1. The second-order valence-electron chi connectivity index (χ2n) is 3.04. The Morgan fingerprint density at radius 2 is 2.33 bits per heavy atom. The van der Waals surface area contributed by atoms with Crippen molar-refractivity contribution in [1.82, 2.24) is 14.6 Å². The van der Waals surface area contributed by atoms with Crippen LogP contribution in [0.3, 0.4) is 0 Å². The molecule has 0 spiro atoms. The van der Waals surface area contributed by atoms with E-state index in [2.05, 4.69) is 15.4 Å². The van der Waals surface area contributed by atoms with Crippen molar-refractivity contribution < 1.29 is 4.92 Å². The predicted molar refractivity (Wildman–Crippen MR) is 53.9 cm³/mol. The highest BCUT2D eigenvalue weighted by molar-refractivity contribution is 5.70. The molecule has 0 fully saturated rings.